The molecule has 0 radical (unpaired) electrons. The largest absolute Gasteiger partial charge is 0.490 e. The Bertz CT molecular complexity index is 690. The van der Waals surface area contributed by atoms with Crippen LogP contribution in [0.3, 0.4) is 0 Å². The number of imidazole rings is 1. The van der Waals surface area contributed by atoms with Crippen molar-refractivity contribution in [3.05, 3.63) is 30.9 Å². The van der Waals surface area contributed by atoms with Gasteiger partial charge < -0.3 is 19.9 Å². The number of carbonyl (C=O) groups is 3. The number of nitrogens with zero attached hydrogens (tertiary/aromatic N) is 3. The molecule has 3 heterocycles. The normalized spacial score (nSPS) is 21.9. The Hall–Kier alpha value is -2.85. The first-order chi connectivity index (χ1) is 12.1. The molecular formula is C15H17F3N4O4. The SMILES string of the molecule is C=CCN1C[C@@H]2CN(C(=O)c3cnc[nH]3)C[C@@H]2C1=O.O=C(O)C(F)(F)F. The summed E-state index contributed by atoms with van der Waals surface area (Å²) in [6, 6.07) is 0. The number of nitrogens with one attached hydrogen (secondary N) is 1. The zero-order valence-electron chi connectivity index (χ0n) is 13.6. The van der Waals surface area contributed by atoms with E-state index in [1.54, 1.807) is 11.0 Å². The summed E-state index contributed by atoms with van der Waals surface area (Å²) in [5, 5.41) is 7.12. The minimum absolute atomic E-state index is 0.0492. The third-order valence-electron chi connectivity index (χ3n) is 4.13. The lowest BCUT2D eigenvalue weighted by atomic mass is 10.0. The number of carboxylic acids is 1. The van der Waals surface area contributed by atoms with Crippen LogP contribution >= 0.6 is 0 Å². The highest BCUT2D eigenvalue weighted by molar-refractivity contribution is 5.93. The molecule has 0 saturated carbocycles. The van der Waals surface area contributed by atoms with Crippen LogP contribution < -0.4 is 0 Å². The number of amides is 2. The molecule has 2 amide bonds. The van der Waals surface area contributed by atoms with Crippen molar-refractivity contribution in [3.8, 4) is 0 Å². The monoisotopic (exact) mass is 374 g/mol. The van der Waals surface area contributed by atoms with Crippen LogP contribution in [0.4, 0.5) is 13.2 Å². The molecule has 2 fully saturated rings. The molecule has 2 aliphatic heterocycles. The molecule has 0 spiro atoms. The van der Waals surface area contributed by atoms with Crippen LogP contribution in [-0.4, -0.2) is 75.0 Å². The van der Waals surface area contributed by atoms with Gasteiger partial charge in [-0.2, -0.15) is 13.2 Å². The van der Waals surface area contributed by atoms with E-state index in [9.17, 15) is 22.8 Å². The van der Waals surface area contributed by atoms with E-state index in [0.29, 0.717) is 25.3 Å². The quantitative estimate of drug-likeness (QED) is 0.760. The maximum Gasteiger partial charge on any atom is 0.490 e. The number of alkyl halides is 3. The van der Waals surface area contributed by atoms with E-state index in [2.05, 4.69) is 16.5 Å². The van der Waals surface area contributed by atoms with Crippen molar-refractivity contribution in [2.24, 2.45) is 11.8 Å². The predicted octanol–water partition coefficient (Wildman–Crippen LogP) is 0.759. The molecule has 3 rings (SSSR count). The van der Waals surface area contributed by atoms with Gasteiger partial charge in [0.25, 0.3) is 5.91 Å². The minimum atomic E-state index is -5.08. The van der Waals surface area contributed by atoms with Gasteiger partial charge in [-0.3, -0.25) is 9.59 Å². The van der Waals surface area contributed by atoms with Gasteiger partial charge in [-0.15, -0.1) is 6.58 Å². The van der Waals surface area contributed by atoms with E-state index in [4.69, 9.17) is 9.90 Å². The smallest absolute Gasteiger partial charge is 0.475 e. The molecule has 0 aliphatic carbocycles. The number of carbonyl (C=O) groups excluding carboxylic acids is 2. The number of aromatic nitrogens is 2. The van der Waals surface area contributed by atoms with Crippen molar-refractivity contribution in [2.45, 2.75) is 6.18 Å². The van der Waals surface area contributed by atoms with E-state index in [0.717, 1.165) is 6.54 Å². The van der Waals surface area contributed by atoms with Gasteiger partial charge in [0.2, 0.25) is 5.91 Å². The first kappa shape index (κ1) is 19.5. The van der Waals surface area contributed by atoms with Crippen molar-refractivity contribution >= 4 is 17.8 Å². The molecule has 1 aromatic heterocycles. The standard InChI is InChI=1S/C13H16N4O2.C2HF3O2/c1-2-3-16-5-9-6-17(7-10(9)12(16)18)13(19)11-4-14-8-15-11;3-2(4,5)1(6)7/h2,4,8-10H,1,3,5-7H2,(H,14,15);(H,6,7)/t9-,10+;/m1./s1. The molecule has 0 aromatic carbocycles. The molecule has 11 heteroatoms. The van der Waals surface area contributed by atoms with E-state index in [-0.39, 0.29) is 23.7 Å². The second-order valence-corrected chi connectivity index (χ2v) is 5.88. The third-order valence-corrected chi connectivity index (χ3v) is 4.13. The second kappa shape index (κ2) is 7.58. The number of likely N-dealkylation sites (tertiary alicyclic amines) is 2. The fourth-order valence-corrected chi connectivity index (χ4v) is 2.97. The molecule has 2 saturated heterocycles. The predicted molar refractivity (Wildman–Crippen MR) is 81.9 cm³/mol. The zero-order valence-corrected chi connectivity index (χ0v) is 13.6. The van der Waals surface area contributed by atoms with Crippen molar-refractivity contribution in [3.63, 3.8) is 0 Å². The first-order valence-corrected chi connectivity index (χ1v) is 7.62. The first-order valence-electron chi connectivity index (χ1n) is 7.62. The molecular weight excluding hydrogens is 357 g/mol. The molecule has 2 N–H and O–H groups in total. The fraction of sp³-hybridized carbons (Fsp3) is 0.467. The number of hydrogen-bond donors (Lipinski definition) is 2. The second-order valence-electron chi connectivity index (χ2n) is 5.88. The summed E-state index contributed by atoms with van der Waals surface area (Å²) < 4.78 is 31.7. The Kier molecular flexibility index (Phi) is 5.68. The lowest BCUT2D eigenvalue weighted by molar-refractivity contribution is -0.192. The number of halogens is 3. The van der Waals surface area contributed by atoms with Gasteiger partial charge in [0.1, 0.15) is 5.69 Å². The Morgan fingerprint density at radius 2 is 2.04 bits per heavy atom. The summed E-state index contributed by atoms with van der Waals surface area (Å²) in [7, 11) is 0. The Labute approximate surface area is 146 Å². The fourth-order valence-electron chi connectivity index (χ4n) is 2.97. The molecule has 0 unspecified atom stereocenters. The third kappa shape index (κ3) is 4.21. The van der Waals surface area contributed by atoms with Gasteiger partial charge in [-0.25, -0.2) is 9.78 Å². The number of H-pyrrole nitrogens is 1. The van der Waals surface area contributed by atoms with E-state index in [1.165, 1.54) is 12.5 Å². The lowest BCUT2D eigenvalue weighted by Gasteiger charge is -2.20. The summed E-state index contributed by atoms with van der Waals surface area (Å²) >= 11 is 0. The summed E-state index contributed by atoms with van der Waals surface area (Å²) in [6.07, 6.45) is -0.337. The highest BCUT2D eigenvalue weighted by Crippen LogP contribution is 2.32. The van der Waals surface area contributed by atoms with Gasteiger partial charge in [-0.05, 0) is 0 Å². The van der Waals surface area contributed by atoms with Crippen molar-refractivity contribution in [2.75, 3.05) is 26.2 Å². The summed E-state index contributed by atoms with van der Waals surface area (Å²) in [5.41, 5.74) is 0.482. The summed E-state index contributed by atoms with van der Waals surface area (Å²) in [5.74, 6) is -2.49. The van der Waals surface area contributed by atoms with E-state index in [1.807, 2.05) is 4.90 Å². The van der Waals surface area contributed by atoms with Gasteiger partial charge in [-0.1, -0.05) is 6.08 Å². The molecule has 2 atom stereocenters. The Balaban J connectivity index is 0.000000298. The molecule has 1 aromatic rings. The zero-order chi connectivity index (χ0) is 19.5. The average molecular weight is 374 g/mol. The van der Waals surface area contributed by atoms with Gasteiger partial charge in [0.05, 0.1) is 18.4 Å². The van der Waals surface area contributed by atoms with Gasteiger partial charge in [0.15, 0.2) is 0 Å². The van der Waals surface area contributed by atoms with Crippen LogP contribution in [0.1, 0.15) is 10.5 Å². The van der Waals surface area contributed by atoms with Crippen molar-refractivity contribution in [1.82, 2.24) is 19.8 Å². The summed E-state index contributed by atoms with van der Waals surface area (Å²) in [4.78, 5) is 43.4. The molecule has 142 valence electrons. The average Bonchev–Trinajstić information content (AvgIpc) is 3.26. The highest BCUT2D eigenvalue weighted by atomic mass is 19.4. The Morgan fingerprint density at radius 1 is 1.38 bits per heavy atom. The number of aromatic amines is 1. The van der Waals surface area contributed by atoms with Crippen molar-refractivity contribution < 1.29 is 32.7 Å². The number of aliphatic carboxylic acids is 1. The van der Waals surface area contributed by atoms with Crippen LogP contribution in [0, 0.1) is 11.8 Å². The number of hydrogen-bond acceptors (Lipinski definition) is 4. The molecule has 8 nitrogen and oxygen atoms in total. The van der Waals surface area contributed by atoms with Crippen LogP contribution in [0.5, 0.6) is 0 Å². The minimum Gasteiger partial charge on any atom is -0.475 e. The number of rotatable bonds is 3. The topological polar surface area (TPSA) is 107 Å². The van der Waals surface area contributed by atoms with Crippen LogP contribution in [0.15, 0.2) is 25.2 Å². The molecule has 26 heavy (non-hydrogen) atoms. The number of fused-ring (bicyclic) bond motifs is 1. The van der Waals surface area contributed by atoms with Gasteiger partial charge >= 0.3 is 12.1 Å². The van der Waals surface area contributed by atoms with Crippen LogP contribution in [0.25, 0.3) is 0 Å². The maximum atomic E-state index is 12.2. The van der Waals surface area contributed by atoms with E-state index < -0.39 is 12.1 Å². The van der Waals surface area contributed by atoms with E-state index >= 15 is 0 Å². The van der Waals surface area contributed by atoms with Crippen molar-refractivity contribution in [1.29, 1.82) is 0 Å². The maximum absolute atomic E-state index is 12.2. The molecule has 0 bridgehead atoms. The van der Waals surface area contributed by atoms with Crippen LogP contribution in [-0.2, 0) is 9.59 Å². The molecule has 2 aliphatic rings. The van der Waals surface area contributed by atoms with Gasteiger partial charge in [0, 0.05) is 32.1 Å². The summed E-state index contributed by atoms with van der Waals surface area (Å²) in [6.45, 7) is 6.13. The Morgan fingerprint density at radius 3 is 2.50 bits per heavy atom. The van der Waals surface area contributed by atoms with Crippen LogP contribution in [0.2, 0.25) is 0 Å². The highest BCUT2D eigenvalue weighted by Gasteiger charge is 2.47. The lowest BCUT2D eigenvalue weighted by Crippen LogP contribution is -2.35. The number of carboxylic acid groups (broad SMARTS) is 1.